The molecule has 0 fully saturated rings. The van der Waals surface area contributed by atoms with E-state index in [1.807, 2.05) is 0 Å². The SMILES string of the molecule is CCC(c1ccccc1)c1c(C(C)(C)C)c(C(C)(C)C)c(C(C)(C)C)c(C(C)(C)C)c1C(C)(C)C. The Bertz CT molecular complexity index is 961. The first-order valence-electron chi connectivity index (χ1n) is 13.9. The summed E-state index contributed by atoms with van der Waals surface area (Å²) in [5.41, 5.74) is 11.1. The van der Waals surface area contributed by atoms with Crippen LogP contribution in [0, 0.1) is 0 Å². The summed E-state index contributed by atoms with van der Waals surface area (Å²) in [5, 5.41) is 0. The standard InChI is InChI=1S/C35H56/c1-17-24(23-21-19-18-20-22-23)25-26(31(2,3)4)28(33(8,9)10)30(35(14,15)16)29(34(11,12)13)27(25)32(5,6)7/h18-22,24H,17H2,1-16H3. The van der Waals surface area contributed by atoms with E-state index in [4.69, 9.17) is 0 Å². The lowest BCUT2D eigenvalue weighted by Crippen LogP contribution is -2.38. The molecule has 2 aromatic carbocycles. The zero-order valence-corrected chi connectivity index (χ0v) is 26.2. The number of rotatable bonds is 3. The van der Waals surface area contributed by atoms with E-state index < -0.39 is 0 Å². The molecule has 0 nitrogen and oxygen atoms in total. The molecular formula is C35H56. The fourth-order valence-electron chi connectivity index (χ4n) is 6.22. The number of hydrogen-bond acceptors (Lipinski definition) is 0. The molecule has 0 aliphatic heterocycles. The van der Waals surface area contributed by atoms with Gasteiger partial charge in [0.05, 0.1) is 0 Å². The molecule has 2 rings (SSSR count). The first kappa shape index (κ1) is 29.7. The van der Waals surface area contributed by atoms with Crippen molar-refractivity contribution < 1.29 is 0 Å². The minimum absolute atomic E-state index is 0.0244. The molecule has 0 spiro atoms. The summed E-state index contributed by atoms with van der Waals surface area (Å²) in [5.74, 6) is 0.371. The van der Waals surface area contributed by atoms with Gasteiger partial charge in [0.1, 0.15) is 0 Å². The molecule has 0 amide bonds. The summed E-state index contributed by atoms with van der Waals surface area (Å²) < 4.78 is 0. The second-order valence-electron chi connectivity index (χ2n) is 15.9. The lowest BCUT2D eigenvalue weighted by atomic mass is 9.57. The van der Waals surface area contributed by atoms with Crippen molar-refractivity contribution in [3.8, 4) is 0 Å². The van der Waals surface area contributed by atoms with Crippen molar-refractivity contribution in [2.24, 2.45) is 0 Å². The summed E-state index contributed by atoms with van der Waals surface area (Å²) in [4.78, 5) is 0. The van der Waals surface area contributed by atoms with Crippen molar-refractivity contribution >= 4 is 0 Å². The van der Waals surface area contributed by atoms with Crippen molar-refractivity contribution in [1.29, 1.82) is 0 Å². The smallest absolute Gasteiger partial charge is 0.00928 e. The molecule has 0 saturated heterocycles. The van der Waals surface area contributed by atoms with E-state index in [0.717, 1.165) is 6.42 Å². The van der Waals surface area contributed by atoms with Crippen molar-refractivity contribution in [1.82, 2.24) is 0 Å². The highest BCUT2D eigenvalue weighted by Crippen LogP contribution is 2.54. The van der Waals surface area contributed by atoms with Crippen LogP contribution in [-0.4, -0.2) is 0 Å². The minimum Gasteiger partial charge on any atom is -0.0645 e. The Labute approximate surface area is 219 Å². The van der Waals surface area contributed by atoms with Crippen LogP contribution in [-0.2, 0) is 27.1 Å². The molecule has 0 heteroatoms. The number of benzene rings is 2. The van der Waals surface area contributed by atoms with Gasteiger partial charge in [0, 0.05) is 5.92 Å². The Morgan fingerprint density at radius 3 is 1.00 bits per heavy atom. The summed E-state index contributed by atoms with van der Waals surface area (Å²) in [6.45, 7) is 38.9. The summed E-state index contributed by atoms with van der Waals surface area (Å²) in [6, 6.07) is 11.3. The van der Waals surface area contributed by atoms with E-state index in [2.05, 4.69) is 141 Å². The molecule has 0 radical (unpaired) electrons. The fourth-order valence-corrected chi connectivity index (χ4v) is 6.22. The third kappa shape index (κ3) is 6.06. The van der Waals surface area contributed by atoms with Crippen LogP contribution in [0.25, 0.3) is 0 Å². The van der Waals surface area contributed by atoms with E-state index in [1.165, 1.54) is 5.56 Å². The average Bonchev–Trinajstić information content (AvgIpc) is 2.64. The molecule has 0 N–H and O–H groups in total. The fraction of sp³-hybridized carbons (Fsp3) is 0.657. The van der Waals surface area contributed by atoms with Crippen LogP contribution in [0.2, 0.25) is 0 Å². The van der Waals surface area contributed by atoms with E-state index in [1.54, 1.807) is 33.4 Å². The predicted molar refractivity (Wildman–Crippen MR) is 159 cm³/mol. The Kier molecular flexibility index (Phi) is 7.96. The van der Waals surface area contributed by atoms with Crippen LogP contribution in [0.1, 0.15) is 162 Å². The molecule has 0 aliphatic rings. The van der Waals surface area contributed by atoms with E-state index >= 15 is 0 Å². The van der Waals surface area contributed by atoms with Crippen molar-refractivity contribution in [2.75, 3.05) is 0 Å². The normalized spacial score (nSPS) is 14.9. The van der Waals surface area contributed by atoms with E-state index in [9.17, 15) is 0 Å². The Hall–Kier alpha value is -1.56. The van der Waals surface area contributed by atoms with Crippen LogP contribution < -0.4 is 0 Å². The van der Waals surface area contributed by atoms with E-state index in [-0.39, 0.29) is 27.1 Å². The topological polar surface area (TPSA) is 0 Å². The molecule has 0 bridgehead atoms. The zero-order chi connectivity index (χ0) is 27.4. The highest BCUT2D eigenvalue weighted by molar-refractivity contribution is 5.64. The van der Waals surface area contributed by atoms with Gasteiger partial charge in [-0.2, -0.15) is 0 Å². The molecular weight excluding hydrogens is 420 g/mol. The highest BCUT2D eigenvalue weighted by atomic mass is 14.5. The average molecular weight is 477 g/mol. The lowest BCUT2D eigenvalue weighted by Gasteiger charge is -2.47. The minimum atomic E-state index is 0.0244. The van der Waals surface area contributed by atoms with Gasteiger partial charge in [-0.05, 0) is 72.4 Å². The molecule has 0 aromatic heterocycles. The molecule has 0 heterocycles. The van der Waals surface area contributed by atoms with Gasteiger partial charge in [-0.15, -0.1) is 0 Å². The molecule has 35 heavy (non-hydrogen) atoms. The molecule has 2 aromatic rings. The summed E-state index contributed by atoms with van der Waals surface area (Å²) >= 11 is 0. The molecule has 0 saturated carbocycles. The van der Waals surface area contributed by atoms with Crippen molar-refractivity contribution in [3.05, 3.63) is 69.3 Å². The van der Waals surface area contributed by atoms with E-state index in [0.29, 0.717) is 5.92 Å². The van der Waals surface area contributed by atoms with Crippen LogP contribution in [0.5, 0.6) is 0 Å². The summed E-state index contributed by atoms with van der Waals surface area (Å²) in [6.07, 6.45) is 1.10. The quantitative estimate of drug-likeness (QED) is 0.413. The second kappa shape index (κ2) is 9.39. The van der Waals surface area contributed by atoms with Gasteiger partial charge in [-0.1, -0.05) is 141 Å². The van der Waals surface area contributed by atoms with Gasteiger partial charge < -0.3 is 0 Å². The Morgan fingerprint density at radius 1 is 0.457 bits per heavy atom. The highest BCUT2D eigenvalue weighted by Gasteiger charge is 2.43. The van der Waals surface area contributed by atoms with Crippen molar-refractivity contribution in [2.45, 2.75) is 150 Å². The molecule has 0 aliphatic carbocycles. The van der Waals surface area contributed by atoms with Gasteiger partial charge in [0.15, 0.2) is 0 Å². The van der Waals surface area contributed by atoms with Crippen LogP contribution in [0.15, 0.2) is 30.3 Å². The first-order valence-corrected chi connectivity index (χ1v) is 13.9. The third-order valence-corrected chi connectivity index (χ3v) is 7.25. The Balaban J connectivity index is 3.50. The first-order chi connectivity index (χ1) is 15.5. The lowest BCUT2D eigenvalue weighted by molar-refractivity contribution is 0.450. The molecule has 1 atom stereocenters. The predicted octanol–water partition coefficient (Wildman–Crippen LogP) is 10.7. The molecule has 196 valence electrons. The Morgan fingerprint density at radius 2 is 0.743 bits per heavy atom. The van der Waals surface area contributed by atoms with Crippen molar-refractivity contribution in [3.63, 3.8) is 0 Å². The van der Waals surface area contributed by atoms with Crippen LogP contribution in [0.3, 0.4) is 0 Å². The second-order valence-corrected chi connectivity index (χ2v) is 15.9. The maximum absolute atomic E-state index is 2.44. The van der Waals surface area contributed by atoms with Gasteiger partial charge in [0.2, 0.25) is 0 Å². The number of hydrogen-bond donors (Lipinski definition) is 0. The summed E-state index contributed by atoms with van der Waals surface area (Å²) in [7, 11) is 0. The van der Waals surface area contributed by atoms with Gasteiger partial charge >= 0.3 is 0 Å². The van der Waals surface area contributed by atoms with Gasteiger partial charge in [-0.3, -0.25) is 0 Å². The zero-order valence-electron chi connectivity index (χ0n) is 26.2. The maximum atomic E-state index is 2.44. The third-order valence-electron chi connectivity index (χ3n) is 7.25. The van der Waals surface area contributed by atoms with Gasteiger partial charge in [-0.25, -0.2) is 0 Å². The largest absolute Gasteiger partial charge is 0.0645 e. The van der Waals surface area contributed by atoms with Crippen LogP contribution in [0.4, 0.5) is 0 Å². The molecule has 1 unspecified atom stereocenters. The monoisotopic (exact) mass is 476 g/mol. The maximum Gasteiger partial charge on any atom is 0.00928 e. The van der Waals surface area contributed by atoms with Gasteiger partial charge in [0.25, 0.3) is 0 Å². The van der Waals surface area contributed by atoms with Crippen LogP contribution >= 0.6 is 0 Å².